The lowest BCUT2D eigenvalue weighted by molar-refractivity contribution is -0.384. The minimum Gasteiger partial charge on any atom is -0.397 e. The summed E-state index contributed by atoms with van der Waals surface area (Å²) < 4.78 is 0. The molecule has 0 aliphatic rings. The zero-order chi connectivity index (χ0) is 14.7. The Morgan fingerprint density at radius 2 is 1.60 bits per heavy atom. The van der Waals surface area contributed by atoms with Gasteiger partial charge in [0.25, 0.3) is 11.4 Å². The van der Waals surface area contributed by atoms with Crippen LogP contribution < -0.4 is 11.1 Å². The van der Waals surface area contributed by atoms with Gasteiger partial charge in [-0.05, 0) is 12.1 Å². The van der Waals surface area contributed by atoms with Crippen LogP contribution in [0, 0.1) is 20.2 Å². The minimum atomic E-state index is -0.544. The van der Waals surface area contributed by atoms with Gasteiger partial charge in [-0.25, -0.2) is 0 Å². The van der Waals surface area contributed by atoms with Gasteiger partial charge in [-0.1, -0.05) is 6.07 Å². The second-order valence-corrected chi connectivity index (χ2v) is 3.96. The molecule has 0 heterocycles. The van der Waals surface area contributed by atoms with Crippen molar-refractivity contribution in [2.75, 3.05) is 11.1 Å². The number of nitro benzene ring substituents is 2. The molecule has 0 aliphatic carbocycles. The monoisotopic (exact) mass is 274 g/mol. The smallest absolute Gasteiger partial charge is 0.271 e. The highest BCUT2D eigenvalue weighted by atomic mass is 16.6. The Morgan fingerprint density at radius 1 is 0.950 bits per heavy atom. The molecule has 8 nitrogen and oxygen atoms in total. The SMILES string of the molecule is Nc1ccc([N+](=O)[O-])cc1Nc1cccc([N+](=O)[O-])c1. The zero-order valence-corrected chi connectivity index (χ0v) is 10.1. The molecule has 8 heteroatoms. The Labute approximate surface area is 113 Å². The van der Waals surface area contributed by atoms with Crippen LogP contribution in [0.4, 0.5) is 28.4 Å². The summed E-state index contributed by atoms with van der Waals surface area (Å²) in [6.07, 6.45) is 0. The third kappa shape index (κ3) is 2.80. The topological polar surface area (TPSA) is 124 Å². The lowest BCUT2D eigenvalue weighted by atomic mass is 10.2. The maximum absolute atomic E-state index is 10.7. The highest BCUT2D eigenvalue weighted by Gasteiger charge is 2.11. The molecule has 0 fully saturated rings. The summed E-state index contributed by atoms with van der Waals surface area (Å²) in [5, 5.41) is 24.2. The van der Waals surface area contributed by atoms with Crippen LogP contribution in [0.3, 0.4) is 0 Å². The van der Waals surface area contributed by atoms with Crippen molar-refractivity contribution in [1.29, 1.82) is 0 Å². The van der Waals surface area contributed by atoms with Crippen LogP contribution in [0.15, 0.2) is 42.5 Å². The maximum Gasteiger partial charge on any atom is 0.271 e. The van der Waals surface area contributed by atoms with Crippen molar-refractivity contribution in [3.63, 3.8) is 0 Å². The molecule has 0 amide bonds. The van der Waals surface area contributed by atoms with E-state index in [1.165, 1.54) is 36.4 Å². The number of nitrogens with two attached hydrogens (primary N) is 1. The number of nitrogens with one attached hydrogen (secondary N) is 1. The molecule has 0 bridgehead atoms. The number of anilines is 3. The summed E-state index contributed by atoms with van der Waals surface area (Å²) in [5.41, 5.74) is 6.56. The minimum absolute atomic E-state index is 0.0843. The highest BCUT2D eigenvalue weighted by molar-refractivity contribution is 5.75. The summed E-state index contributed by atoms with van der Waals surface area (Å²) >= 11 is 0. The highest BCUT2D eigenvalue weighted by Crippen LogP contribution is 2.28. The Hall–Kier alpha value is -3.16. The summed E-state index contributed by atoms with van der Waals surface area (Å²) in [6.45, 7) is 0. The molecule has 20 heavy (non-hydrogen) atoms. The van der Waals surface area contributed by atoms with Crippen molar-refractivity contribution in [2.24, 2.45) is 0 Å². The van der Waals surface area contributed by atoms with Crippen LogP contribution in [0.25, 0.3) is 0 Å². The molecular weight excluding hydrogens is 264 g/mol. The number of non-ortho nitro benzene ring substituents is 2. The van der Waals surface area contributed by atoms with Gasteiger partial charge in [0.05, 0.1) is 21.2 Å². The van der Waals surface area contributed by atoms with E-state index < -0.39 is 9.85 Å². The quantitative estimate of drug-likeness (QED) is 0.501. The molecule has 0 spiro atoms. The second kappa shape index (κ2) is 5.22. The number of hydrogen-bond acceptors (Lipinski definition) is 6. The van der Waals surface area contributed by atoms with E-state index in [2.05, 4.69) is 5.32 Å². The molecule has 0 saturated heterocycles. The summed E-state index contributed by atoms with van der Waals surface area (Å²) in [7, 11) is 0. The largest absolute Gasteiger partial charge is 0.397 e. The van der Waals surface area contributed by atoms with Gasteiger partial charge in [-0.2, -0.15) is 0 Å². The second-order valence-electron chi connectivity index (χ2n) is 3.96. The van der Waals surface area contributed by atoms with Gasteiger partial charge in [0.1, 0.15) is 0 Å². The van der Waals surface area contributed by atoms with Crippen molar-refractivity contribution in [3.8, 4) is 0 Å². The summed E-state index contributed by atoms with van der Waals surface area (Å²) in [6, 6.07) is 9.74. The van der Waals surface area contributed by atoms with Crippen molar-refractivity contribution in [2.45, 2.75) is 0 Å². The van der Waals surface area contributed by atoms with Crippen molar-refractivity contribution < 1.29 is 9.85 Å². The maximum atomic E-state index is 10.7. The molecule has 0 unspecified atom stereocenters. The van der Waals surface area contributed by atoms with Gasteiger partial charge in [0, 0.05) is 30.0 Å². The van der Waals surface area contributed by atoms with E-state index in [1.807, 2.05) is 0 Å². The Balaban J connectivity index is 2.34. The first-order valence-corrected chi connectivity index (χ1v) is 5.53. The Morgan fingerprint density at radius 3 is 2.25 bits per heavy atom. The summed E-state index contributed by atoms with van der Waals surface area (Å²) in [4.78, 5) is 20.3. The summed E-state index contributed by atoms with van der Waals surface area (Å²) in [5.74, 6) is 0. The number of benzene rings is 2. The number of rotatable bonds is 4. The molecule has 3 N–H and O–H groups in total. The lowest BCUT2D eigenvalue weighted by Crippen LogP contribution is -1.98. The Kier molecular flexibility index (Phi) is 3.47. The van der Waals surface area contributed by atoms with E-state index in [9.17, 15) is 20.2 Å². The Bertz CT molecular complexity index is 687. The third-order valence-electron chi connectivity index (χ3n) is 2.58. The van der Waals surface area contributed by atoms with E-state index in [1.54, 1.807) is 6.07 Å². The average molecular weight is 274 g/mol. The van der Waals surface area contributed by atoms with Gasteiger partial charge in [-0.15, -0.1) is 0 Å². The van der Waals surface area contributed by atoms with Crippen molar-refractivity contribution in [3.05, 3.63) is 62.7 Å². The molecular formula is C12H10N4O4. The third-order valence-corrected chi connectivity index (χ3v) is 2.58. The van der Waals surface area contributed by atoms with Gasteiger partial charge in [0.2, 0.25) is 0 Å². The fraction of sp³-hybridized carbons (Fsp3) is 0. The van der Waals surface area contributed by atoms with E-state index in [0.29, 0.717) is 17.1 Å². The van der Waals surface area contributed by atoms with Gasteiger partial charge < -0.3 is 11.1 Å². The average Bonchev–Trinajstić information content (AvgIpc) is 2.41. The van der Waals surface area contributed by atoms with Crippen LogP contribution in [0.5, 0.6) is 0 Å². The van der Waals surface area contributed by atoms with Crippen molar-refractivity contribution >= 4 is 28.4 Å². The predicted octanol–water partition coefficient (Wildman–Crippen LogP) is 2.83. The molecule has 0 aromatic heterocycles. The first-order valence-electron chi connectivity index (χ1n) is 5.53. The van der Waals surface area contributed by atoms with Crippen LogP contribution in [-0.4, -0.2) is 9.85 Å². The molecule has 2 aromatic carbocycles. The van der Waals surface area contributed by atoms with Gasteiger partial charge >= 0.3 is 0 Å². The normalized spacial score (nSPS) is 10.0. The lowest BCUT2D eigenvalue weighted by Gasteiger charge is -2.08. The van der Waals surface area contributed by atoms with E-state index in [-0.39, 0.29) is 11.4 Å². The molecule has 0 aliphatic heterocycles. The standard InChI is InChI=1S/C12H10N4O4/c13-11-5-4-10(16(19)20)7-12(11)14-8-2-1-3-9(6-8)15(17)18/h1-7,14H,13H2. The van der Waals surface area contributed by atoms with E-state index in [0.717, 1.165) is 0 Å². The fourth-order valence-corrected chi connectivity index (χ4v) is 1.62. The molecule has 0 atom stereocenters. The number of hydrogen-bond donors (Lipinski definition) is 2. The fourth-order valence-electron chi connectivity index (χ4n) is 1.62. The molecule has 2 aromatic rings. The van der Waals surface area contributed by atoms with E-state index in [4.69, 9.17) is 5.73 Å². The van der Waals surface area contributed by atoms with Crippen LogP contribution >= 0.6 is 0 Å². The first-order chi connectivity index (χ1) is 9.47. The zero-order valence-electron chi connectivity index (χ0n) is 10.1. The number of nitro groups is 2. The molecule has 0 radical (unpaired) electrons. The van der Waals surface area contributed by atoms with Gasteiger partial charge in [0.15, 0.2) is 0 Å². The molecule has 102 valence electrons. The van der Waals surface area contributed by atoms with E-state index >= 15 is 0 Å². The van der Waals surface area contributed by atoms with Crippen molar-refractivity contribution in [1.82, 2.24) is 0 Å². The number of nitrogen functional groups attached to an aromatic ring is 1. The first kappa shape index (κ1) is 13.3. The van der Waals surface area contributed by atoms with Crippen LogP contribution in [0.2, 0.25) is 0 Å². The molecule has 2 rings (SSSR count). The van der Waals surface area contributed by atoms with Gasteiger partial charge in [-0.3, -0.25) is 20.2 Å². The number of nitrogens with zero attached hydrogens (tertiary/aromatic N) is 2. The van der Waals surface area contributed by atoms with Crippen LogP contribution in [0.1, 0.15) is 0 Å². The van der Waals surface area contributed by atoms with Crippen LogP contribution in [-0.2, 0) is 0 Å². The molecule has 0 saturated carbocycles. The predicted molar refractivity (Wildman–Crippen MR) is 73.9 cm³/mol.